The first kappa shape index (κ1) is 8.01. The number of aromatic nitrogens is 3. The molecule has 0 spiro atoms. The monoisotopic (exact) mass is 169 g/mol. The summed E-state index contributed by atoms with van der Waals surface area (Å²) in [5, 5.41) is 4.09. The fourth-order valence-corrected chi connectivity index (χ4v) is 0.904. The third-order valence-electron chi connectivity index (χ3n) is 1.39. The molecule has 0 saturated heterocycles. The van der Waals surface area contributed by atoms with Gasteiger partial charge in [-0.2, -0.15) is 5.10 Å². The van der Waals surface area contributed by atoms with E-state index in [1.165, 1.54) is 0 Å². The van der Waals surface area contributed by atoms with Crippen LogP contribution >= 0.6 is 12.4 Å². The number of aryl methyl sites for hydroxylation is 1. The highest BCUT2D eigenvalue weighted by Crippen LogP contribution is 1.99. The van der Waals surface area contributed by atoms with E-state index in [0.717, 1.165) is 11.2 Å². The molecule has 0 amide bonds. The SMILES string of the molecule is Cc1cnn2ccnc2c1.Cl. The maximum Gasteiger partial charge on any atom is 0.153 e. The van der Waals surface area contributed by atoms with Gasteiger partial charge in [0.25, 0.3) is 0 Å². The summed E-state index contributed by atoms with van der Waals surface area (Å²) in [7, 11) is 0. The number of hydrogen-bond acceptors (Lipinski definition) is 2. The molecule has 0 aliphatic carbocycles. The third-order valence-corrected chi connectivity index (χ3v) is 1.39. The Morgan fingerprint density at radius 2 is 2.27 bits per heavy atom. The van der Waals surface area contributed by atoms with Gasteiger partial charge in [0.2, 0.25) is 0 Å². The van der Waals surface area contributed by atoms with Crippen molar-refractivity contribution in [3.63, 3.8) is 0 Å². The quantitative estimate of drug-likeness (QED) is 0.598. The summed E-state index contributed by atoms with van der Waals surface area (Å²) < 4.78 is 1.74. The summed E-state index contributed by atoms with van der Waals surface area (Å²) in [6.07, 6.45) is 5.38. The molecule has 2 heterocycles. The first-order chi connectivity index (χ1) is 4.86. The van der Waals surface area contributed by atoms with E-state index in [1.54, 1.807) is 10.7 Å². The molecule has 2 aromatic rings. The van der Waals surface area contributed by atoms with Gasteiger partial charge in [-0.05, 0) is 18.6 Å². The highest BCUT2D eigenvalue weighted by atomic mass is 35.5. The van der Waals surface area contributed by atoms with Gasteiger partial charge in [0.1, 0.15) is 0 Å². The van der Waals surface area contributed by atoms with Gasteiger partial charge < -0.3 is 0 Å². The van der Waals surface area contributed by atoms with E-state index in [9.17, 15) is 0 Å². The number of fused-ring (bicyclic) bond motifs is 1. The fourth-order valence-electron chi connectivity index (χ4n) is 0.904. The molecule has 0 bridgehead atoms. The van der Waals surface area contributed by atoms with E-state index in [4.69, 9.17) is 0 Å². The maximum atomic E-state index is 4.09. The van der Waals surface area contributed by atoms with Crippen LogP contribution in [0.4, 0.5) is 0 Å². The van der Waals surface area contributed by atoms with Crippen molar-refractivity contribution in [2.45, 2.75) is 6.92 Å². The van der Waals surface area contributed by atoms with E-state index in [0.29, 0.717) is 0 Å². The normalized spacial score (nSPS) is 9.55. The van der Waals surface area contributed by atoms with Crippen LogP contribution in [0.2, 0.25) is 0 Å². The summed E-state index contributed by atoms with van der Waals surface area (Å²) in [6.45, 7) is 2.00. The second-order valence-corrected chi connectivity index (χ2v) is 2.26. The lowest BCUT2D eigenvalue weighted by atomic mass is 10.3. The Hall–Kier alpha value is -1.09. The zero-order valence-electron chi connectivity index (χ0n) is 6.06. The van der Waals surface area contributed by atoms with E-state index >= 15 is 0 Å². The van der Waals surface area contributed by atoms with Gasteiger partial charge in [-0.1, -0.05) is 0 Å². The number of imidazole rings is 1. The lowest BCUT2D eigenvalue weighted by Gasteiger charge is -1.91. The van der Waals surface area contributed by atoms with E-state index in [-0.39, 0.29) is 12.4 Å². The predicted molar refractivity (Wildman–Crippen MR) is 45.0 cm³/mol. The molecule has 0 saturated carbocycles. The largest absolute Gasteiger partial charge is 0.236 e. The molecule has 0 radical (unpaired) electrons. The second kappa shape index (κ2) is 2.88. The van der Waals surface area contributed by atoms with Gasteiger partial charge >= 0.3 is 0 Å². The Labute approximate surface area is 70.5 Å². The van der Waals surface area contributed by atoms with Crippen LogP contribution in [0, 0.1) is 6.92 Å². The fraction of sp³-hybridized carbons (Fsp3) is 0.143. The van der Waals surface area contributed by atoms with Crippen LogP contribution < -0.4 is 0 Å². The van der Waals surface area contributed by atoms with Crippen molar-refractivity contribution in [2.24, 2.45) is 0 Å². The average molecular weight is 170 g/mol. The second-order valence-electron chi connectivity index (χ2n) is 2.26. The van der Waals surface area contributed by atoms with Crippen molar-refractivity contribution >= 4 is 18.1 Å². The molecule has 4 heteroatoms. The molecule has 0 aliphatic heterocycles. The lowest BCUT2D eigenvalue weighted by Crippen LogP contribution is -1.89. The van der Waals surface area contributed by atoms with Crippen molar-refractivity contribution < 1.29 is 0 Å². The summed E-state index contributed by atoms with van der Waals surface area (Å²) in [6, 6.07) is 1.99. The van der Waals surface area contributed by atoms with Gasteiger partial charge in [-0.15, -0.1) is 12.4 Å². The van der Waals surface area contributed by atoms with Crippen LogP contribution in [-0.4, -0.2) is 14.6 Å². The molecule has 0 atom stereocenters. The van der Waals surface area contributed by atoms with E-state index < -0.39 is 0 Å². The van der Waals surface area contributed by atoms with Crippen LogP contribution in [0.15, 0.2) is 24.7 Å². The zero-order chi connectivity index (χ0) is 6.97. The van der Waals surface area contributed by atoms with Crippen LogP contribution in [-0.2, 0) is 0 Å². The molecule has 2 rings (SSSR count). The molecule has 2 aromatic heterocycles. The third kappa shape index (κ3) is 1.33. The smallest absolute Gasteiger partial charge is 0.153 e. The van der Waals surface area contributed by atoms with Crippen molar-refractivity contribution in [1.82, 2.24) is 14.6 Å². The number of nitrogens with zero attached hydrogens (tertiary/aromatic N) is 3. The topological polar surface area (TPSA) is 30.2 Å². The summed E-state index contributed by atoms with van der Waals surface area (Å²) >= 11 is 0. The predicted octanol–water partition coefficient (Wildman–Crippen LogP) is 1.46. The van der Waals surface area contributed by atoms with E-state index in [1.807, 2.05) is 25.4 Å². The van der Waals surface area contributed by atoms with Crippen LogP contribution in [0.5, 0.6) is 0 Å². The minimum absolute atomic E-state index is 0. The number of halogens is 1. The van der Waals surface area contributed by atoms with Gasteiger partial charge in [0.05, 0.1) is 6.20 Å². The Bertz CT molecular complexity index is 355. The molecule has 0 aliphatic rings. The highest BCUT2D eigenvalue weighted by molar-refractivity contribution is 5.85. The van der Waals surface area contributed by atoms with Crippen molar-refractivity contribution in [2.75, 3.05) is 0 Å². The maximum absolute atomic E-state index is 4.09. The Morgan fingerprint density at radius 1 is 1.45 bits per heavy atom. The molecule has 0 aromatic carbocycles. The molecule has 58 valence electrons. The molecular formula is C7H8ClN3. The zero-order valence-corrected chi connectivity index (χ0v) is 6.88. The molecule has 0 N–H and O–H groups in total. The summed E-state index contributed by atoms with van der Waals surface area (Å²) in [4.78, 5) is 4.08. The minimum atomic E-state index is 0. The van der Waals surface area contributed by atoms with E-state index in [2.05, 4.69) is 10.1 Å². The average Bonchev–Trinajstić information content (AvgIpc) is 2.33. The lowest BCUT2D eigenvalue weighted by molar-refractivity contribution is 0.927. The number of hydrogen-bond donors (Lipinski definition) is 0. The summed E-state index contributed by atoms with van der Waals surface area (Å²) in [5.41, 5.74) is 2.04. The Kier molecular flexibility index (Phi) is 2.10. The highest BCUT2D eigenvalue weighted by Gasteiger charge is 1.91. The standard InChI is InChI=1S/C7H7N3.ClH/c1-6-4-7-8-2-3-10(7)9-5-6;/h2-5H,1H3;1H. The first-order valence-electron chi connectivity index (χ1n) is 3.12. The Balaban J connectivity index is 0.000000605. The van der Waals surface area contributed by atoms with Crippen molar-refractivity contribution in [3.8, 4) is 0 Å². The van der Waals surface area contributed by atoms with Crippen LogP contribution in [0.1, 0.15) is 5.56 Å². The summed E-state index contributed by atoms with van der Waals surface area (Å²) in [5.74, 6) is 0. The van der Waals surface area contributed by atoms with Crippen molar-refractivity contribution in [1.29, 1.82) is 0 Å². The molecule has 3 nitrogen and oxygen atoms in total. The molecular weight excluding hydrogens is 162 g/mol. The van der Waals surface area contributed by atoms with Crippen LogP contribution in [0.25, 0.3) is 5.65 Å². The van der Waals surface area contributed by atoms with Gasteiger partial charge in [-0.25, -0.2) is 9.50 Å². The van der Waals surface area contributed by atoms with Crippen molar-refractivity contribution in [3.05, 3.63) is 30.2 Å². The molecule has 0 fully saturated rings. The molecule has 0 unspecified atom stereocenters. The van der Waals surface area contributed by atoms with Gasteiger partial charge in [0.15, 0.2) is 5.65 Å². The molecule has 11 heavy (non-hydrogen) atoms. The number of rotatable bonds is 0. The minimum Gasteiger partial charge on any atom is -0.236 e. The first-order valence-corrected chi connectivity index (χ1v) is 3.12. The Morgan fingerprint density at radius 3 is 3.09 bits per heavy atom. The van der Waals surface area contributed by atoms with Crippen LogP contribution in [0.3, 0.4) is 0 Å². The van der Waals surface area contributed by atoms with Gasteiger partial charge in [-0.3, -0.25) is 0 Å². The van der Waals surface area contributed by atoms with Gasteiger partial charge in [0, 0.05) is 12.4 Å².